The summed E-state index contributed by atoms with van der Waals surface area (Å²) in [5.41, 5.74) is 0.0200. The van der Waals surface area contributed by atoms with Crippen molar-refractivity contribution in [3.63, 3.8) is 0 Å². The Morgan fingerprint density at radius 2 is 1.97 bits per heavy atom. The first kappa shape index (κ1) is 12.8. The van der Waals surface area contributed by atoms with Gasteiger partial charge in [0.05, 0.1) is 19.1 Å². The molecule has 1 heterocycles. The number of carboxylic acid groups (broad SMARTS) is 1. The first-order valence-electron chi connectivity index (χ1n) is 12.2. The molecule has 0 spiro atoms. The Bertz CT molecular complexity index is 1550. The zero-order valence-corrected chi connectivity index (χ0v) is 15.9. The van der Waals surface area contributed by atoms with E-state index < -0.39 is 35.7 Å². The van der Waals surface area contributed by atoms with Crippen molar-refractivity contribution in [1.82, 2.24) is 0 Å². The highest BCUT2D eigenvalue weighted by Gasteiger charge is 2.21. The molecule has 5 heteroatoms. The second kappa shape index (κ2) is 7.80. The van der Waals surface area contributed by atoms with E-state index in [2.05, 4.69) is 10.3 Å². The zero-order valence-electron chi connectivity index (χ0n) is 21.9. The van der Waals surface area contributed by atoms with E-state index in [4.69, 9.17) is 12.6 Å². The van der Waals surface area contributed by atoms with Gasteiger partial charge in [-0.2, -0.15) is 0 Å². The van der Waals surface area contributed by atoms with Gasteiger partial charge >= 0.3 is 5.97 Å². The molecular formula is C24H22N2O3. The second-order valence-corrected chi connectivity index (χ2v) is 6.26. The van der Waals surface area contributed by atoms with E-state index in [0.717, 1.165) is 0 Å². The van der Waals surface area contributed by atoms with Crippen LogP contribution in [0.5, 0.6) is 0 Å². The Balaban J connectivity index is 2.34. The SMILES string of the molecule is [2H]c1cc(=NCC)cc2oc3cc(NCC)cc([2H])c3c(-c3c([2H])c([2H])c([2H])c([2H])c3C(=O)O)c1-2. The molecule has 2 aromatic rings. The van der Waals surface area contributed by atoms with Gasteiger partial charge in [0.15, 0.2) is 0 Å². The quantitative estimate of drug-likeness (QED) is 0.455. The summed E-state index contributed by atoms with van der Waals surface area (Å²) in [5.74, 6) is -1.36. The smallest absolute Gasteiger partial charge is 0.336 e. The lowest BCUT2D eigenvalue weighted by Crippen LogP contribution is -2.05. The van der Waals surface area contributed by atoms with E-state index in [0.29, 0.717) is 24.1 Å². The average Bonchev–Trinajstić information content (AvgIpc) is 2.78. The Morgan fingerprint density at radius 3 is 2.72 bits per heavy atom. The molecule has 0 unspecified atom stereocenters. The predicted octanol–water partition coefficient (Wildman–Crippen LogP) is 5.26. The van der Waals surface area contributed by atoms with Crippen molar-refractivity contribution < 1.29 is 22.5 Å². The molecule has 0 amide bonds. The lowest BCUT2D eigenvalue weighted by atomic mass is 9.90. The van der Waals surface area contributed by atoms with Gasteiger partial charge in [-0.3, -0.25) is 4.99 Å². The van der Waals surface area contributed by atoms with E-state index >= 15 is 0 Å². The maximum Gasteiger partial charge on any atom is 0.336 e. The van der Waals surface area contributed by atoms with Gasteiger partial charge in [-0.05, 0) is 49.7 Å². The second-order valence-electron chi connectivity index (χ2n) is 6.26. The normalized spacial score (nSPS) is 14.8. The number of benzene rings is 3. The minimum absolute atomic E-state index is 0.0340. The predicted molar refractivity (Wildman–Crippen MR) is 115 cm³/mol. The van der Waals surface area contributed by atoms with Crippen molar-refractivity contribution in [3.05, 3.63) is 71.4 Å². The molecule has 0 fully saturated rings. The number of nitrogens with zero attached hydrogens (tertiary/aromatic N) is 1. The summed E-state index contributed by atoms with van der Waals surface area (Å²) in [7, 11) is 0. The Kier molecular flexibility index (Phi) is 3.43. The first-order chi connectivity index (χ1) is 16.6. The summed E-state index contributed by atoms with van der Waals surface area (Å²) in [5, 5.41) is 13.7. The average molecular weight is 392 g/mol. The van der Waals surface area contributed by atoms with Crippen LogP contribution in [0.2, 0.25) is 0 Å². The molecule has 0 radical (unpaired) electrons. The highest BCUT2D eigenvalue weighted by molar-refractivity contribution is 6.07. The lowest BCUT2D eigenvalue weighted by molar-refractivity contribution is 0.0697. The molecule has 146 valence electrons. The topological polar surface area (TPSA) is 74.8 Å². The molecule has 4 rings (SSSR count). The van der Waals surface area contributed by atoms with Crippen LogP contribution in [-0.4, -0.2) is 24.2 Å². The van der Waals surface area contributed by atoms with E-state index in [1.165, 1.54) is 12.1 Å². The van der Waals surface area contributed by atoms with Gasteiger partial charge in [0.25, 0.3) is 0 Å². The molecule has 5 nitrogen and oxygen atoms in total. The first-order valence-corrected chi connectivity index (χ1v) is 9.20. The Hall–Kier alpha value is -3.60. The van der Waals surface area contributed by atoms with Crippen molar-refractivity contribution in [2.24, 2.45) is 4.99 Å². The molecule has 1 aliphatic carbocycles. The maximum absolute atomic E-state index is 12.3. The van der Waals surface area contributed by atoms with E-state index in [1.54, 1.807) is 12.1 Å². The lowest BCUT2D eigenvalue weighted by Gasteiger charge is -2.17. The van der Waals surface area contributed by atoms with E-state index in [9.17, 15) is 9.90 Å². The molecule has 0 saturated carbocycles. The van der Waals surface area contributed by atoms with E-state index in [-0.39, 0.29) is 45.5 Å². The largest absolute Gasteiger partial charge is 0.478 e. The van der Waals surface area contributed by atoms with Crippen LogP contribution in [-0.2, 0) is 0 Å². The van der Waals surface area contributed by atoms with Gasteiger partial charge in [-0.25, -0.2) is 4.79 Å². The van der Waals surface area contributed by atoms with Gasteiger partial charge in [-0.1, -0.05) is 18.1 Å². The molecule has 0 bridgehead atoms. The summed E-state index contributed by atoms with van der Waals surface area (Å²) in [6, 6.07) is 3.52. The van der Waals surface area contributed by atoms with Gasteiger partial charge in [0, 0.05) is 47.4 Å². The van der Waals surface area contributed by atoms with Crippen LogP contribution in [0.3, 0.4) is 0 Å². The van der Waals surface area contributed by atoms with Gasteiger partial charge in [0.2, 0.25) is 0 Å². The molecule has 2 aromatic carbocycles. The van der Waals surface area contributed by atoms with Crippen molar-refractivity contribution in [2.75, 3.05) is 18.4 Å². The van der Waals surface area contributed by atoms with Crippen molar-refractivity contribution >= 4 is 22.6 Å². The third kappa shape index (κ3) is 3.47. The molecule has 2 N–H and O–H groups in total. The number of rotatable bonds is 5. The number of carbonyl (C=O) groups is 1. The van der Waals surface area contributed by atoms with Crippen LogP contribution in [0.4, 0.5) is 5.69 Å². The highest BCUT2D eigenvalue weighted by atomic mass is 16.4. The van der Waals surface area contributed by atoms with Crippen LogP contribution < -0.4 is 10.7 Å². The van der Waals surface area contributed by atoms with Crippen LogP contribution in [0, 0.1) is 0 Å². The third-order valence-corrected chi connectivity index (χ3v) is 4.39. The van der Waals surface area contributed by atoms with Crippen LogP contribution in [0.1, 0.15) is 32.4 Å². The fraction of sp³-hybridized carbons (Fsp3) is 0.167. The number of hydrogen-bond donors (Lipinski definition) is 2. The Labute approximate surface area is 177 Å². The molecular weight excluding hydrogens is 364 g/mol. The fourth-order valence-corrected chi connectivity index (χ4v) is 3.23. The summed E-state index contributed by atoms with van der Waals surface area (Å²) in [4.78, 5) is 16.6. The highest BCUT2D eigenvalue weighted by Crippen LogP contribution is 2.41. The summed E-state index contributed by atoms with van der Waals surface area (Å²) in [6.07, 6.45) is 0. The molecule has 0 aromatic heterocycles. The van der Waals surface area contributed by atoms with Crippen LogP contribution >= 0.6 is 0 Å². The number of hydrogen-bond acceptors (Lipinski definition) is 4. The molecule has 0 atom stereocenters. The molecule has 29 heavy (non-hydrogen) atoms. The number of anilines is 1. The number of carboxylic acids is 1. The van der Waals surface area contributed by atoms with E-state index in [1.807, 2.05) is 13.8 Å². The number of nitrogens with one attached hydrogen (secondary N) is 1. The van der Waals surface area contributed by atoms with Crippen molar-refractivity contribution in [3.8, 4) is 22.5 Å². The number of fused-ring (bicyclic) bond motifs is 2. The summed E-state index contributed by atoms with van der Waals surface area (Å²) in [6.45, 7) is 4.77. The van der Waals surface area contributed by atoms with Crippen molar-refractivity contribution in [1.29, 1.82) is 0 Å². The maximum atomic E-state index is 12.3. The number of aromatic carboxylic acids is 1. The van der Waals surface area contributed by atoms with Crippen LogP contribution in [0.25, 0.3) is 33.4 Å². The van der Waals surface area contributed by atoms with Gasteiger partial charge < -0.3 is 14.8 Å². The third-order valence-electron chi connectivity index (χ3n) is 4.39. The molecule has 1 aliphatic heterocycles. The molecule has 0 saturated heterocycles. The summed E-state index contributed by atoms with van der Waals surface area (Å²) >= 11 is 0. The standard InChI is InChI=1S/C24H22N2O3/c1-3-25-15-9-11-19-21(13-15)29-22-14-16(26-4-2)10-12-20(22)23(19)17-7-5-6-8-18(17)24(27)28/h5-14,25H,3-4H2,1-2H3,(H,27,28)/i5D,6D,7D,8D,11D,12D. The summed E-state index contributed by atoms with van der Waals surface area (Å²) < 4.78 is 56.5. The zero-order chi connectivity index (χ0) is 25.6. The minimum Gasteiger partial charge on any atom is -0.478 e. The fourth-order valence-electron chi connectivity index (χ4n) is 3.23. The minimum atomic E-state index is -1.55. The van der Waals surface area contributed by atoms with Gasteiger partial charge in [0.1, 0.15) is 11.3 Å². The van der Waals surface area contributed by atoms with Gasteiger partial charge in [-0.15, -0.1) is 0 Å². The van der Waals surface area contributed by atoms with Crippen molar-refractivity contribution in [2.45, 2.75) is 13.8 Å². The monoisotopic (exact) mass is 392 g/mol. The molecule has 2 aliphatic rings. The Morgan fingerprint density at radius 1 is 1.14 bits per heavy atom. The van der Waals surface area contributed by atoms with Crippen LogP contribution in [0.15, 0.2) is 69.9 Å².